The summed E-state index contributed by atoms with van der Waals surface area (Å²) in [7, 11) is 0. The number of carbonyl (C=O) groups is 2. The predicted molar refractivity (Wildman–Crippen MR) is 98.5 cm³/mol. The first-order valence-corrected chi connectivity index (χ1v) is 7.98. The number of aromatic nitrogens is 2. The summed E-state index contributed by atoms with van der Waals surface area (Å²) in [6, 6.07) is 14.9. The van der Waals surface area contributed by atoms with E-state index >= 15 is 0 Å². The Balaban J connectivity index is 1.89. The summed E-state index contributed by atoms with van der Waals surface area (Å²) in [6.07, 6.45) is 0. The van der Waals surface area contributed by atoms with Crippen molar-refractivity contribution in [3.05, 3.63) is 82.5 Å². The molecule has 0 atom stereocenters. The van der Waals surface area contributed by atoms with Gasteiger partial charge in [-0.25, -0.2) is 4.39 Å². The van der Waals surface area contributed by atoms with Crippen LogP contribution in [0.5, 0.6) is 0 Å². The highest BCUT2D eigenvalue weighted by atomic mass is 19.1. The predicted octanol–water partition coefficient (Wildman–Crippen LogP) is 2.58. The number of carbonyl (C=O) groups excluding carboxylic acids is 2. The lowest BCUT2D eigenvalue weighted by atomic mass is 10.2. The van der Waals surface area contributed by atoms with Gasteiger partial charge in [-0.1, -0.05) is 18.2 Å². The maximum absolute atomic E-state index is 14.0. The van der Waals surface area contributed by atoms with Crippen LogP contribution in [-0.4, -0.2) is 21.6 Å². The third-order valence-electron chi connectivity index (χ3n) is 3.57. The van der Waals surface area contributed by atoms with Gasteiger partial charge in [0, 0.05) is 18.7 Å². The van der Waals surface area contributed by atoms with Crippen LogP contribution in [0.25, 0.3) is 5.69 Å². The van der Waals surface area contributed by atoms with Crippen LogP contribution in [0.1, 0.15) is 17.4 Å². The van der Waals surface area contributed by atoms with Crippen molar-refractivity contribution in [2.24, 2.45) is 0 Å². The molecule has 3 rings (SSSR count). The minimum Gasteiger partial charge on any atom is -0.326 e. The van der Waals surface area contributed by atoms with Gasteiger partial charge in [0.2, 0.25) is 5.91 Å². The highest BCUT2D eigenvalue weighted by Gasteiger charge is 2.14. The number of halogens is 1. The van der Waals surface area contributed by atoms with Crippen molar-refractivity contribution in [2.45, 2.75) is 6.92 Å². The summed E-state index contributed by atoms with van der Waals surface area (Å²) in [5.41, 5.74) is 0.238. The lowest BCUT2D eigenvalue weighted by Gasteiger charge is -2.10. The average molecular weight is 366 g/mol. The fourth-order valence-corrected chi connectivity index (χ4v) is 2.37. The molecule has 2 amide bonds. The molecule has 2 N–H and O–H groups in total. The zero-order chi connectivity index (χ0) is 19.4. The van der Waals surface area contributed by atoms with E-state index < -0.39 is 17.3 Å². The van der Waals surface area contributed by atoms with Gasteiger partial charge in [0.1, 0.15) is 11.5 Å². The van der Waals surface area contributed by atoms with Crippen molar-refractivity contribution in [3.63, 3.8) is 0 Å². The van der Waals surface area contributed by atoms with Crippen molar-refractivity contribution >= 4 is 23.2 Å². The Morgan fingerprint density at radius 1 is 1.00 bits per heavy atom. The van der Waals surface area contributed by atoms with Gasteiger partial charge < -0.3 is 10.6 Å². The summed E-state index contributed by atoms with van der Waals surface area (Å²) in [4.78, 5) is 35.6. The highest BCUT2D eigenvalue weighted by Crippen LogP contribution is 2.20. The van der Waals surface area contributed by atoms with Crippen molar-refractivity contribution in [2.75, 3.05) is 10.6 Å². The highest BCUT2D eigenvalue weighted by molar-refractivity contribution is 6.03. The summed E-state index contributed by atoms with van der Waals surface area (Å²) in [5.74, 6) is -1.69. The molecule has 136 valence electrons. The number of hydrogen-bond acceptors (Lipinski definition) is 4. The number of hydrogen-bond donors (Lipinski definition) is 2. The van der Waals surface area contributed by atoms with E-state index in [9.17, 15) is 18.8 Å². The van der Waals surface area contributed by atoms with Crippen molar-refractivity contribution in [3.8, 4) is 5.69 Å². The van der Waals surface area contributed by atoms with E-state index in [1.54, 1.807) is 30.3 Å². The summed E-state index contributed by atoms with van der Waals surface area (Å²) < 4.78 is 15.1. The van der Waals surface area contributed by atoms with Crippen molar-refractivity contribution in [1.29, 1.82) is 0 Å². The van der Waals surface area contributed by atoms with Crippen LogP contribution in [-0.2, 0) is 4.79 Å². The Morgan fingerprint density at radius 3 is 2.44 bits per heavy atom. The van der Waals surface area contributed by atoms with E-state index in [0.29, 0.717) is 11.4 Å². The molecule has 1 heterocycles. The number of benzene rings is 2. The average Bonchev–Trinajstić information content (AvgIpc) is 2.65. The molecule has 0 fully saturated rings. The number of amides is 2. The van der Waals surface area contributed by atoms with Crippen LogP contribution in [0.15, 0.2) is 65.5 Å². The number of nitrogens with zero attached hydrogens (tertiary/aromatic N) is 2. The molecule has 0 aliphatic rings. The third-order valence-corrected chi connectivity index (χ3v) is 3.57. The lowest BCUT2D eigenvalue weighted by molar-refractivity contribution is -0.114. The molecule has 8 heteroatoms. The first-order valence-electron chi connectivity index (χ1n) is 7.98. The van der Waals surface area contributed by atoms with Gasteiger partial charge in [-0.2, -0.15) is 9.78 Å². The summed E-state index contributed by atoms with van der Waals surface area (Å²) in [6.45, 7) is 1.32. The number of anilines is 2. The van der Waals surface area contributed by atoms with E-state index in [4.69, 9.17) is 0 Å². The Labute approximate surface area is 153 Å². The van der Waals surface area contributed by atoms with Gasteiger partial charge in [0.25, 0.3) is 11.5 Å². The second kappa shape index (κ2) is 7.61. The first kappa shape index (κ1) is 18.0. The molecule has 27 heavy (non-hydrogen) atoms. The monoisotopic (exact) mass is 366 g/mol. The number of rotatable bonds is 4. The zero-order valence-electron chi connectivity index (χ0n) is 14.3. The normalized spacial score (nSPS) is 10.3. The van der Waals surface area contributed by atoms with E-state index in [0.717, 1.165) is 10.7 Å². The van der Waals surface area contributed by atoms with Crippen molar-refractivity contribution in [1.82, 2.24) is 9.78 Å². The van der Waals surface area contributed by atoms with Crippen LogP contribution in [0, 0.1) is 5.82 Å². The Bertz CT molecular complexity index is 1060. The second-order valence-electron chi connectivity index (χ2n) is 5.63. The SMILES string of the molecule is CC(=O)Nc1ccc(F)c(NC(=O)c2ccc(=O)n(-c3ccccc3)n2)c1. The maximum atomic E-state index is 14.0. The molecular formula is C19H15FN4O3. The van der Waals surface area contributed by atoms with E-state index in [1.165, 1.54) is 31.2 Å². The van der Waals surface area contributed by atoms with E-state index in [2.05, 4.69) is 15.7 Å². The van der Waals surface area contributed by atoms with Crippen LogP contribution >= 0.6 is 0 Å². The first-order chi connectivity index (χ1) is 12.9. The molecule has 0 unspecified atom stereocenters. The molecule has 2 aromatic carbocycles. The molecule has 0 aliphatic carbocycles. The fraction of sp³-hybridized carbons (Fsp3) is 0.0526. The maximum Gasteiger partial charge on any atom is 0.276 e. The molecule has 0 radical (unpaired) electrons. The van der Waals surface area contributed by atoms with E-state index in [-0.39, 0.29) is 17.3 Å². The summed E-state index contributed by atoms with van der Waals surface area (Å²) >= 11 is 0. The molecule has 0 spiro atoms. The van der Waals surface area contributed by atoms with Gasteiger partial charge in [-0.15, -0.1) is 0 Å². The topological polar surface area (TPSA) is 93.1 Å². The Morgan fingerprint density at radius 2 is 1.74 bits per heavy atom. The molecule has 1 aromatic heterocycles. The molecule has 0 saturated heterocycles. The Hall–Kier alpha value is -3.81. The minimum absolute atomic E-state index is 0.0669. The summed E-state index contributed by atoms with van der Waals surface area (Å²) in [5, 5.41) is 8.94. The Kier molecular flexibility index (Phi) is 5.07. The van der Waals surface area contributed by atoms with Gasteiger partial charge >= 0.3 is 0 Å². The minimum atomic E-state index is -0.696. The number of para-hydroxylation sites is 1. The van der Waals surface area contributed by atoms with Gasteiger partial charge in [-0.05, 0) is 36.4 Å². The van der Waals surface area contributed by atoms with Crippen LogP contribution in [0.2, 0.25) is 0 Å². The van der Waals surface area contributed by atoms with Gasteiger partial charge in [0.15, 0.2) is 0 Å². The standard InChI is InChI=1S/C19H15FN4O3/c1-12(25)21-13-7-8-15(20)17(11-13)22-19(27)16-9-10-18(26)24(23-16)14-5-3-2-4-6-14/h2-11H,1H3,(H,21,25)(H,22,27). The third kappa shape index (κ3) is 4.24. The second-order valence-corrected chi connectivity index (χ2v) is 5.63. The van der Waals surface area contributed by atoms with Gasteiger partial charge in [0.05, 0.1) is 11.4 Å². The molecule has 3 aromatic rings. The zero-order valence-corrected chi connectivity index (χ0v) is 14.3. The van der Waals surface area contributed by atoms with Crippen LogP contribution in [0.4, 0.5) is 15.8 Å². The molecule has 0 aliphatic heterocycles. The van der Waals surface area contributed by atoms with Crippen LogP contribution < -0.4 is 16.2 Å². The van der Waals surface area contributed by atoms with Gasteiger partial charge in [-0.3, -0.25) is 14.4 Å². The molecule has 7 nitrogen and oxygen atoms in total. The van der Waals surface area contributed by atoms with Crippen LogP contribution in [0.3, 0.4) is 0 Å². The van der Waals surface area contributed by atoms with E-state index in [1.807, 2.05) is 0 Å². The van der Waals surface area contributed by atoms with Crippen molar-refractivity contribution < 1.29 is 14.0 Å². The fourth-order valence-electron chi connectivity index (χ4n) is 2.37. The molecular weight excluding hydrogens is 351 g/mol. The quantitative estimate of drug-likeness (QED) is 0.742. The smallest absolute Gasteiger partial charge is 0.276 e. The number of nitrogens with one attached hydrogen (secondary N) is 2. The largest absolute Gasteiger partial charge is 0.326 e. The molecule has 0 bridgehead atoms. The lowest BCUT2D eigenvalue weighted by Crippen LogP contribution is -2.25. The molecule has 0 saturated carbocycles.